The molecule has 0 atom stereocenters. The van der Waals surface area contributed by atoms with E-state index in [1.165, 1.54) is 18.2 Å². The zero-order valence-corrected chi connectivity index (χ0v) is 13.5. The fourth-order valence-electron chi connectivity index (χ4n) is 2.91. The molecule has 0 amide bonds. The summed E-state index contributed by atoms with van der Waals surface area (Å²) in [6.07, 6.45) is 0. The van der Waals surface area contributed by atoms with Gasteiger partial charge in [0, 0.05) is 16.8 Å². The lowest BCUT2D eigenvalue weighted by Crippen LogP contribution is -2.11. The minimum Gasteiger partial charge on any atom is -0.416 e. The number of pyridine rings is 1. The van der Waals surface area contributed by atoms with Gasteiger partial charge in [-0.15, -0.1) is 0 Å². The van der Waals surface area contributed by atoms with Crippen LogP contribution in [0.1, 0.15) is 10.4 Å². The zero-order chi connectivity index (χ0) is 18.1. The first-order valence-electron chi connectivity index (χ1n) is 7.88. The molecule has 6 heteroatoms. The van der Waals surface area contributed by atoms with Crippen LogP contribution >= 0.6 is 0 Å². The number of hydrogen-bond acceptors (Lipinski definition) is 5. The van der Waals surface area contributed by atoms with Gasteiger partial charge >= 0.3 is 11.7 Å². The number of esters is 1. The van der Waals surface area contributed by atoms with Crippen LogP contribution in [0.25, 0.3) is 21.8 Å². The van der Waals surface area contributed by atoms with E-state index in [0.29, 0.717) is 27.4 Å². The smallest absolute Gasteiger partial charge is 0.345 e. The van der Waals surface area contributed by atoms with Crippen molar-refractivity contribution in [1.29, 1.82) is 0 Å². The number of benzene rings is 3. The summed E-state index contributed by atoms with van der Waals surface area (Å²) in [4.78, 5) is 28.1. The number of nitro groups is 1. The van der Waals surface area contributed by atoms with Gasteiger partial charge in [-0.05, 0) is 18.2 Å². The monoisotopic (exact) mass is 344 g/mol. The lowest BCUT2D eigenvalue weighted by Gasteiger charge is -2.10. The van der Waals surface area contributed by atoms with Gasteiger partial charge < -0.3 is 4.74 Å². The second kappa shape index (κ2) is 6.25. The number of para-hydroxylation sites is 4. The van der Waals surface area contributed by atoms with Crippen LogP contribution in [-0.2, 0) is 0 Å². The van der Waals surface area contributed by atoms with Crippen LogP contribution in [0.15, 0.2) is 72.8 Å². The number of fused-ring (bicyclic) bond motifs is 2. The number of carbonyl (C=O) groups is 1. The fourth-order valence-corrected chi connectivity index (χ4v) is 2.91. The van der Waals surface area contributed by atoms with Crippen LogP contribution in [-0.4, -0.2) is 15.9 Å². The number of aromatic nitrogens is 1. The van der Waals surface area contributed by atoms with Gasteiger partial charge in [0.1, 0.15) is 0 Å². The minimum atomic E-state index is -0.658. The van der Waals surface area contributed by atoms with Crippen LogP contribution in [0.3, 0.4) is 0 Å². The Morgan fingerprint density at radius 2 is 1.38 bits per heavy atom. The first-order valence-corrected chi connectivity index (χ1v) is 7.88. The predicted molar refractivity (Wildman–Crippen MR) is 97.3 cm³/mol. The Labute approximate surface area is 147 Å². The molecule has 0 aliphatic heterocycles. The molecule has 0 radical (unpaired) electrons. The van der Waals surface area contributed by atoms with Crippen molar-refractivity contribution in [2.24, 2.45) is 0 Å². The molecule has 6 nitrogen and oxygen atoms in total. The summed E-state index contributed by atoms with van der Waals surface area (Å²) >= 11 is 0. The maximum atomic E-state index is 12.9. The summed E-state index contributed by atoms with van der Waals surface area (Å²) in [5.74, 6) is -0.749. The molecule has 0 aliphatic rings. The third-order valence-corrected chi connectivity index (χ3v) is 4.06. The second-order valence-electron chi connectivity index (χ2n) is 5.64. The van der Waals surface area contributed by atoms with Gasteiger partial charge in [-0.1, -0.05) is 48.5 Å². The molecule has 0 saturated heterocycles. The molecule has 0 aliphatic carbocycles. The molecule has 0 N–H and O–H groups in total. The molecule has 1 aromatic heterocycles. The van der Waals surface area contributed by atoms with Crippen molar-refractivity contribution >= 4 is 33.5 Å². The van der Waals surface area contributed by atoms with E-state index in [1.54, 1.807) is 30.3 Å². The van der Waals surface area contributed by atoms with Gasteiger partial charge in [-0.25, -0.2) is 9.78 Å². The summed E-state index contributed by atoms with van der Waals surface area (Å²) < 4.78 is 5.40. The Kier molecular flexibility index (Phi) is 3.78. The lowest BCUT2D eigenvalue weighted by atomic mass is 10.0. The second-order valence-corrected chi connectivity index (χ2v) is 5.64. The Morgan fingerprint density at radius 3 is 2.00 bits per heavy atom. The third-order valence-electron chi connectivity index (χ3n) is 4.06. The maximum Gasteiger partial charge on any atom is 0.345 e. The van der Waals surface area contributed by atoms with Gasteiger partial charge in [0.05, 0.1) is 21.5 Å². The van der Waals surface area contributed by atoms with E-state index in [1.807, 2.05) is 24.3 Å². The van der Waals surface area contributed by atoms with E-state index in [4.69, 9.17) is 4.74 Å². The Bertz CT molecular complexity index is 1120. The maximum absolute atomic E-state index is 12.9. The van der Waals surface area contributed by atoms with E-state index in [2.05, 4.69) is 4.98 Å². The number of nitrogens with zero attached hydrogens (tertiary/aromatic N) is 2. The summed E-state index contributed by atoms with van der Waals surface area (Å²) in [7, 11) is 0. The minimum absolute atomic E-state index is 0.0903. The zero-order valence-electron chi connectivity index (χ0n) is 13.5. The average molecular weight is 344 g/mol. The van der Waals surface area contributed by atoms with Crippen LogP contribution < -0.4 is 4.74 Å². The fraction of sp³-hybridized carbons (Fsp3) is 0. The molecule has 0 spiro atoms. The van der Waals surface area contributed by atoms with E-state index >= 15 is 0 Å². The highest BCUT2D eigenvalue weighted by atomic mass is 16.6. The molecule has 1 heterocycles. The van der Waals surface area contributed by atoms with Gasteiger partial charge in [-0.2, -0.15) is 0 Å². The normalized spacial score (nSPS) is 10.8. The van der Waals surface area contributed by atoms with Gasteiger partial charge in [-0.3, -0.25) is 10.1 Å². The highest BCUT2D eigenvalue weighted by Gasteiger charge is 2.22. The van der Waals surface area contributed by atoms with Crippen LogP contribution in [0.4, 0.5) is 5.69 Å². The largest absolute Gasteiger partial charge is 0.416 e. The summed E-state index contributed by atoms with van der Waals surface area (Å²) in [5, 5.41) is 12.4. The molecule has 0 saturated carbocycles. The topological polar surface area (TPSA) is 82.3 Å². The standard InChI is InChI=1S/C20H12N2O4/c23-20(26-18-12-6-5-11-17(18)22(24)25)19-13-7-1-3-9-15(13)21-16-10-4-2-8-14(16)19/h1-12H. The van der Waals surface area contributed by atoms with Crippen LogP contribution in [0, 0.1) is 10.1 Å². The van der Waals surface area contributed by atoms with Crippen molar-refractivity contribution in [3.63, 3.8) is 0 Å². The molecule has 26 heavy (non-hydrogen) atoms. The highest BCUT2D eigenvalue weighted by Crippen LogP contribution is 2.30. The van der Waals surface area contributed by atoms with Gasteiger partial charge in [0.2, 0.25) is 5.75 Å². The summed E-state index contributed by atoms with van der Waals surface area (Å²) in [5.41, 5.74) is 1.38. The molecule has 0 fully saturated rings. The van der Waals surface area contributed by atoms with Crippen molar-refractivity contribution in [1.82, 2.24) is 4.98 Å². The Hall–Kier alpha value is -3.80. The SMILES string of the molecule is O=C(Oc1ccccc1[N+](=O)[O-])c1c2ccccc2nc2ccccc12. The number of carbonyl (C=O) groups excluding carboxylic acids is 1. The number of rotatable bonds is 3. The molecule has 0 bridgehead atoms. The van der Waals surface area contributed by atoms with Crippen molar-refractivity contribution in [3.05, 3.63) is 88.5 Å². The quantitative estimate of drug-likeness (QED) is 0.179. The molecular weight excluding hydrogens is 332 g/mol. The van der Waals surface area contributed by atoms with Crippen LogP contribution in [0.5, 0.6) is 5.75 Å². The number of hydrogen-bond donors (Lipinski definition) is 0. The molecular formula is C20H12N2O4. The van der Waals surface area contributed by atoms with Crippen molar-refractivity contribution in [3.8, 4) is 5.75 Å². The van der Waals surface area contributed by atoms with Crippen LogP contribution in [0.2, 0.25) is 0 Å². The third kappa shape index (κ3) is 2.63. The predicted octanol–water partition coefficient (Wildman–Crippen LogP) is 4.52. The Balaban J connectivity index is 1.90. The van der Waals surface area contributed by atoms with Gasteiger partial charge in [0.25, 0.3) is 0 Å². The highest BCUT2D eigenvalue weighted by molar-refractivity contribution is 6.14. The lowest BCUT2D eigenvalue weighted by molar-refractivity contribution is -0.385. The molecule has 4 rings (SSSR count). The summed E-state index contributed by atoms with van der Waals surface area (Å²) in [6.45, 7) is 0. The first kappa shape index (κ1) is 15.7. The summed E-state index contributed by atoms with van der Waals surface area (Å²) in [6, 6.07) is 20.3. The number of nitro benzene ring substituents is 1. The van der Waals surface area contributed by atoms with E-state index < -0.39 is 10.9 Å². The van der Waals surface area contributed by atoms with Crippen molar-refractivity contribution in [2.45, 2.75) is 0 Å². The van der Waals surface area contributed by atoms with E-state index in [0.717, 1.165) is 0 Å². The average Bonchev–Trinajstić information content (AvgIpc) is 2.66. The Morgan fingerprint density at radius 1 is 0.846 bits per heavy atom. The van der Waals surface area contributed by atoms with E-state index in [9.17, 15) is 14.9 Å². The van der Waals surface area contributed by atoms with Gasteiger partial charge in [0.15, 0.2) is 0 Å². The molecule has 0 unspecified atom stereocenters. The van der Waals surface area contributed by atoms with Crippen molar-refractivity contribution in [2.75, 3.05) is 0 Å². The van der Waals surface area contributed by atoms with E-state index in [-0.39, 0.29) is 11.4 Å². The molecule has 126 valence electrons. The molecule has 4 aromatic rings. The van der Waals surface area contributed by atoms with Crippen molar-refractivity contribution < 1.29 is 14.5 Å². The number of ether oxygens (including phenoxy) is 1. The first-order chi connectivity index (χ1) is 12.6. The molecule has 3 aromatic carbocycles.